The number of hydrogen-bond acceptors (Lipinski definition) is 3. The van der Waals surface area contributed by atoms with Crippen LogP contribution in [0, 0.1) is 0 Å². The summed E-state index contributed by atoms with van der Waals surface area (Å²) in [5.74, 6) is 0.473. The zero-order valence-corrected chi connectivity index (χ0v) is 14.5. The maximum atomic E-state index is 12.3. The van der Waals surface area contributed by atoms with E-state index in [4.69, 9.17) is 27.6 Å². The first kappa shape index (κ1) is 16.1. The molecular formula is C17H13Cl2NO2S. The molecule has 3 aromatic rings. The van der Waals surface area contributed by atoms with Gasteiger partial charge in [0.05, 0.1) is 11.1 Å². The van der Waals surface area contributed by atoms with E-state index < -0.39 is 0 Å². The molecule has 3 rings (SSSR count). The second kappa shape index (κ2) is 6.79. The molecule has 3 nitrogen and oxygen atoms in total. The molecule has 1 aromatic carbocycles. The lowest BCUT2D eigenvalue weighted by Crippen LogP contribution is -2.25. The van der Waals surface area contributed by atoms with E-state index in [1.165, 1.54) is 0 Å². The molecule has 0 radical (unpaired) electrons. The molecule has 1 atom stereocenters. The van der Waals surface area contributed by atoms with Gasteiger partial charge in [0, 0.05) is 15.5 Å². The first-order valence-electron chi connectivity index (χ1n) is 6.94. The minimum atomic E-state index is -0.268. The van der Waals surface area contributed by atoms with Gasteiger partial charge in [-0.25, -0.2) is 0 Å². The molecule has 118 valence electrons. The number of thiophene rings is 1. The Morgan fingerprint density at radius 2 is 2.04 bits per heavy atom. The second-order valence-electron chi connectivity index (χ2n) is 5.00. The minimum Gasteiger partial charge on any atom is -0.451 e. The lowest BCUT2D eigenvalue weighted by Gasteiger charge is -2.10. The van der Waals surface area contributed by atoms with Gasteiger partial charge in [-0.3, -0.25) is 4.79 Å². The van der Waals surface area contributed by atoms with Gasteiger partial charge in [-0.15, -0.1) is 11.3 Å². The first-order chi connectivity index (χ1) is 11.0. The van der Waals surface area contributed by atoms with Gasteiger partial charge in [-0.1, -0.05) is 29.3 Å². The van der Waals surface area contributed by atoms with Gasteiger partial charge in [0.15, 0.2) is 5.76 Å². The maximum Gasteiger partial charge on any atom is 0.287 e. The Kier molecular flexibility index (Phi) is 4.76. The van der Waals surface area contributed by atoms with E-state index in [1.54, 1.807) is 41.7 Å². The standard InChI is InChI=1S/C17H13Cl2NO2S/c1-10(16-3-2-8-23-16)20-17(21)15-7-6-14(22-15)12-9-11(18)4-5-13(12)19/h2-10H,1H3,(H,20,21). The van der Waals surface area contributed by atoms with Crippen molar-refractivity contribution in [1.29, 1.82) is 0 Å². The summed E-state index contributed by atoms with van der Waals surface area (Å²) in [6.07, 6.45) is 0. The summed E-state index contributed by atoms with van der Waals surface area (Å²) in [6.45, 7) is 1.93. The summed E-state index contributed by atoms with van der Waals surface area (Å²) >= 11 is 13.7. The molecule has 0 aliphatic rings. The van der Waals surface area contributed by atoms with Crippen molar-refractivity contribution < 1.29 is 9.21 Å². The van der Waals surface area contributed by atoms with Crippen molar-refractivity contribution in [3.8, 4) is 11.3 Å². The second-order valence-corrected chi connectivity index (χ2v) is 6.82. The quantitative estimate of drug-likeness (QED) is 0.634. The van der Waals surface area contributed by atoms with Crippen LogP contribution in [-0.4, -0.2) is 5.91 Å². The Bertz CT molecular complexity index is 827. The van der Waals surface area contributed by atoms with Crippen LogP contribution in [0.3, 0.4) is 0 Å². The van der Waals surface area contributed by atoms with Crippen molar-refractivity contribution in [2.24, 2.45) is 0 Å². The van der Waals surface area contributed by atoms with Gasteiger partial charge in [-0.2, -0.15) is 0 Å². The fourth-order valence-corrected chi connectivity index (χ4v) is 3.28. The molecule has 0 aliphatic heterocycles. The summed E-state index contributed by atoms with van der Waals surface area (Å²) < 4.78 is 5.63. The van der Waals surface area contributed by atoms with E-state index in [2.05, 4.69) is 5.32 Å². The van der Waals surface area contributed by atoms with Crippen LogP contribution in [-0.2, 0) is 0 Å². The van der Waals surface area contributed by atoms with E-state index in [9.17, 15) is 4.79 Å². The van der Waals surface area contributed by atoms with Crippen molar-refractivity contribution in [1.82, 2.24) is 5.32 Å². The van der Waals surface area contributed by atoms with Gasteiger partial charge < -0.3 is 9.73 Å². The average Bonchev–Trinajstić information content (AvgIpc) is 3.20. The highest BCUT2D eigenvalue weighted by Gasteiger charge is 2.17. The number of amides is 1. The summed E-state index contributed by atoms with van der Waals surface area (Å²) in [5, 5.41) is 5.95. The summed E-state index contributed by atoms with van der Waals surface area (Å²) in [5.41, 5.74) is 0.657. The van der Waals surface area contributed by atoms with Crippen molar-refractivity contribution in [3.63, 3.8) is 0 Å². The van der Waals surface area contributed by atoms with Crippen LogP contribution in [0.5, 0.6) is 0 Å². The lowest BCUT2D eigenvalue weighted by atomic mass is 10.2. The summed E-state index contributed by atoms with van der Waals surface area (Å²) in [4.78, 5) is 13.4. The normalized spacial score (nSPS) is 12.1. The highest BCUT2D eigenvalue weighted by atomic mass is 35.5. The third-order valence-electron chi connectivity index (χ3n) is 3.34. The van der Waals surface area contributed by atoms with Crippen LogP contribution in [0.25, 0.3) is 11.3 Å². The molecule has 2 heterocycles. The number of carbonyl (C=O) groups is 1. The molecule has 0 saturated heterocycles. The van der Waals surface area contributed by atoms with Crippen molar-refractivity contribution in [2.75, 3.05) is 0 Å². The molecule has 1 N–H and O–H groups in total. The number of carbonyl (C=O) groups excluding carboxylic acids is 1. The van der Waals surface area contributed by atoms with E-state index in [0.29, 0.717) is 21.4 Å². The van der Waals surface area contributed by atoms with Gasteiger partial charge in [-0.05, 0) is 48.7 Å². The molecule has 6 heteroatoms. The van der Waals surface area contributed by atoms with E-state index >= 15 is 0 Å². The fraction of sp³-hybridized carbons (Fsp3) is 0.118. The average molecular weight is 366 g/mol. The van der Waals surface area contributed by atoms with E-state index in [1.807, 2.05) is 24.4 Å². The summed E-state index contributed by atoms with van der Waals surface area (Å²) in [7, 11) is 0. The number of hydrogen-bond donors (Lipinski definition) is 1. The Morgan fingerprint density at radius 1 is 1.22 bits per heavy atom. The third kappa shape index (κ3) is 3.61. The Morgan fingerprint density at radius 3 is 2.78 bits per heavy atom. The molecule has 0 bridgehead atoms. The predicted molar refractivity (Wildman–Crippen MR) is 94.4 cm³/mol. The Hall–Kier alpha value is -1.75. The molecule has 2 aromatic heterocycles. The Labute approximate surface area is 147 Å². The molecule has 0 fully saturated rings. The topological polar surface area (TPSA) is 42.2 Å². The van der Waals surface area contributed by atoms with Crippen LogP contribution >= 0.6 is 34.5 Å². The van der Waals surface area contributed by atoms with E-state index in [0.717, 1.165) is 4.88 Å². The predicted octanol–water partition coefficient (Wildman–Crippen LogP) is 5.81. The molecule has 0 aliphatic carbocycles. The van der Waals surface area contributed by atoms with Gasteiger partial charge in [0.25, 0.3) is 5.91 Å². The lowest BCUT2D eigenvalue weighted by molar-refractivity contribution is 0.0913. The summed E-state index contributed by atoms with van der Waals surface area (Å²) in [6, 6.07) is 12.3. The molecule has 0 saturated carbocycles. The van der Waals surface area contributed by atoms with Gasteiger partial charge in [0.1, 0.15) is 5.76 Å². The van der Waals surface area contributed by atoms with Crippen molar-refractivity contribution >= 4 is 40.4 Å². The molecule has 23 heavy (non-hydrogen) atoms. The SMILES string of the molecule is CC(NC(=O)c1ccc(-c2cc(Cl)ccc2Cl)o1)c1cccs1. The van der Waals surface area contributed by atoms with Gasteiger partial charge >= 0.3 is 0 Å². The number of rotatable bonds is 4. The van der Waals surface area contributed by atoms with Crippen LogP contribution in [0.1, 0.15) is 28.4 Å². The van der Waals surface area contributed by atoms with E-state index in [-0.39, 0.29) is 17.7 Å². The zero-order valence-electron chi connectivity index (χ0n) is 12.2. The highest BCUT2D eigenvalue weighted by molar-refractivity contribution is 7.10. The fourth-order valence-electron chi connectivity index (χ4n) is 2.17. The number of halogens is 2. The molecule has 1 unspecified atom stereocenters. The Balaban J connectivity index is 1.79. The first-order valence-corrected chi connectivity index (χ1v) is 8.57. The number of furan rings is 1. The van der Waals surface area contributed by atoms with Crippen LogP contribution in [0.4, 0.5) is 0 Å². The third-order valence-corrected chi connectivity index (χ3v) is 4.96. The molecular weight excluding hydrogens is 353 g/mol. The van der Waals surface area contributed by atoms with Crippen molar-refractivity contribution in [3.05, 3.63) is 68.5 Å². The number of nitrogens with one attached hydrogen (secondary N) is 1. The van der Waals surface area contributed by atoms with Crippen LogP contribution in [0.2, 0.25) is 10.0 Å². The monoisotopic (exact) mass is 365 g/mol. The van der Waals surface area contributed by atoms with Crippen LogP contribution in [0.15, 0.2) is 52.3 Å². The van der Waals surface area contributed by atoms with Crippen LogP contribution < -0.4 is 5.32 Å². The number of benzene rings is 1. The largest absolute Gasteiger partial charge is 0.451 e. The smallest absolute Gasteiger partial charge is 0.287 e. The minimum absolute atomic E-state index is 0.0780. The molecule has 0 spiro atoms. The zero-order chi connectivity index (χ0) is 16.4. The van der Waals surface area contributed by atoms with Crippen molar-refractivity contribution in [2.45, 2.75) is 13.0 Å². The highest BCUT2D eigenvalue weighted by Crippen LogP contribution is 2.32. The molecule has 1 amide bonds. The van der Waals surface area contributed by atoms with Gasteiger partial charge in [0.2, 0.25) is 0 Å². The maximum absolute atomic E-state index is 12.3.